The zero-order chi connectivity index (χ0) is 18.0. The van der Waals surface area contributed by atoms with Gasteiger partial charge in [-0.2, -0.15) is 0 Å². The molecule has 0 bridgehead atoms. The maximum atomic E-state index is 13.0. The molecule has 0 saturated heterocycles. The van der Waals surface area contributed by atoms with Crippen LogP contribution in [0.2, 0.25) is 0 Å². The zero-order valence-electron chi connectivity index (χ0n) is 14.8. The Morgan fingerprint density at radius 3 is 2.24 bits per heavy atom. The molecule has 0 spiro atoms. The molecular weight excluding hydrogens is 338 g/mol. The maximum absolute atomic E-state index is 13.0. The van der Waals surface area contributed by atoms with Gasteiger partial charge in [0.15, 0.2) is 11.5 Å². The minimum absolute atomic E-state index is 0.324. The predicted molar refractivity (Wildman–Crippen MR) is 98.2 cm³/mol. The van der Waals surface area contributed by atoms with Crippen molar-refractivity contribution in [2.75, 3.05) is 25.6 Å². The second-order valence-corrected chi connectivity index (χ2v) is 8.12. The fourth-order valence-corrected chi connectivity index (χ4v) is 4.43. The summed E-state index contributed by atoms with van der Waals surface area (Å²) < 4.78 is 37.8. The molecule has 1 aliphatic rings. The van der Waals surface area contributed by atoms with E-state index in [0.29, 0.717) is 22.1 Å². The number of sulfonamides is 1. The molecule has 3 rings (SSSR count). The Hall–Kier alpha value is -2.21. The number of hydrogen-bond donors (Lipinski definition) is 0. The van der Waals surface area contributed by atoms with E-state index in [1.807, 2.05) is 12.1 Å². The van der Waals surface area contributed by atoms with Gasteiger partial charge in [-0.3, -0.25) is 4.31 Å². The number of fused-ring (bicyclic) bond motifs is 1. The Labute approximate surface area is 149 Å². The minimum Gasteiger partial charge on any atom is -0.493 e. The van der Waals surface area contributed by atoms with Crippen molar-refractivity contribution in [3.63, 3.8) is 0 Å². The zero-order valence-corrected chi connectivity index (χ0v) is 15.6. The summed E-state index contributed by atoms with van der Waals surface area (Å²) in [6.07, 6.45) is 4.26. The van der Waals surface area contributed by atoms with Gasteiger partial charge in [0.1, 0.15) is 0 Å². The van der Waals surface area contributed by atoms with Gasteiger partial charge in [-0.1, -0.05) is 6.07 Å². The number of hydrogen-bond acceptors (Lipinski definition) is 4. The van der Waals surface area contributed by atoms with Crippen LogP contribution >= 0.6 is 0 Å². The Morgan fingerprint density at radius 2 is 1.56 bits per heavy atom. The normalized spacial score (nSPS) is 13.9. The fourth-order valence-electron chi connectivity index (χ4n) is 3.19. The molecule has 0 amide bonds. The molecule has 134 valence electrons. The van der Waals surface area contributed by atoms with E-state index in [-0.39, 0.29) is 0 Å². The summed E-state index contributed by atoms with van der Waals surface area (Å²) in [5.41, 5.74) is 2.93. The van der Waals surface area contributed by atoms with Crippen LogP contribution < -0.4 is 13.8 Å². The highest BCUT2D eigenvalue weighted by atomic mass is 32.2. The largest absolute Gasteiger partial charge is 0.493 e. The number of nitrogens with zero attached hydrogens (tertiary/aromatic N) is 1. The number of ether oxygens (including phenoxy) is 2. The maximum Gasteiger partial charge on any atom is 0.264 e. The van der Waals surface area contributed by atoms with Crippen molar-refractivity contribution < 1.29 is 17.9 Å². The highest BCUT2D eigenvalue weighted by molar-refractivity contribution is 7.92. The summed E-state index contributed by atoms with van der Waals surface area (Å²) in [4.78, 5) is 0.324. The summed E-state index contributed by atoms with van der Waals surface area (Å²) in [5.74, 6) is 1.05. The van der Waals surface area contributed by atoms with E-state index in [1.54, 1.807) is 38.4 Å². The van der Waals surface area contributed by atoms with Crippen molar-refractivity contribution in [1.29, 1.82) is 0 Å². The molecule has 25 heavy (non-hydrogen) atoms. The average Bonchev–Trinajstić information content (AvgIpc) is 2.66. The highest BCUT2D eigenvalue weighted by Crippen LogP contribution is 2.33. The summed E-state index contributed by atoms with van der Waals surface area (Å²) in [6, 6.07) is 10.5. The van der Waals surface area contributed by atoms with E-state index >= 15 is 0 Å². The number of aryl methyl sites for hydroxylation is 2. The molecule has 0 aromatic heterocycles. The third kappa shape index (κ3) is 3.31. The summed E-state index contributed by atoms with van der Waals surface area (Å²) in [5, 5.41) is 0. The molecule has 0 atom stereocenters. The van der Waals surface area contributed by atoms with Crippen LogP contribution in [-0.4, -0.2) is 29.7 Å². The molecule has 0 saturated carbocycles. The monoisotopic (exact) mass is 361 g/mol. The van der Waals surface area contributed by atoms with Gasteiger partial charge in [0.05, 0.1) is 24.8 Å². The Morgan fingerprint density at radius 1 is 0.880 bits per heavy atom. The van der Waals surface area contributed by atoms with Gasteiger partial charge >= 0.3 is 0 Å². The van der Waals surface area contributed by atoms with Crippen LogP contribution in [0.15, 0.2) is 41.3 Å². The van der Waals surface area contributed by atoms with Gasteiger partial charge in [0.25, 0.3) is 10.0 Å². The first-order chi connectivity index (χ1) is 12.0. The Bertz CT molecular complexity index is 877. The van der Waals surface area contributed by atoms with E-state index in [0.717, 1.165) is 24.8 Å². The van der Waals surface area contributed by atoms with Crippen molar-refractivity contribution in [2.24, 2.45) is 0 Å². The smallest absolute Gasteiger partial charge is 0.264 e. The lowest BCUT2D eigenvalue weighted by atomic mass is 9.92. The summed E-state index contributed by atoms with van der Waals surface area (Å²) >= 11 is 0. The van der Waals surface area contributed by atoms with Crippen LogP contribution in [0.5, 0.6) is 11.5 Å². The van der Waals surface area contributed by atoms with Gasteiger partial charge in [-0.15, -0.1) is 0 Å². The second kappa shape index (κ2) is 6.96. The van der Waals surface area contributed by atoms with Gasteiger partial charge in [0, 0.05) is 13.1 Å². The lowest BCUT2D eigenvalue weighted by molar-refractivity contribution is 0.355. The van der Waals surface area contributed by atoms with E-state index in [2.05, 4.69) is 0 Å². The third-order valence-electron chi connectivity index (χ3n) is 4.71. The van der Waals surface area contributed by atoms with E-state index < -0.39 is 10.0 Å². The highest BCUT2D eigenvalue weighted by Gasteiger charge is 2.24. The van der Waals surface area contributed by atoms with Crippen LogP contribution in [-0.2, 0) is 22.9 Å². The Balaban J connectivity index is 1.97. The van der Waals surface area contributed by atoms with Crippen molar-refractivity contribution in [3.8, 4) is 11.5 Å². The van der Waals surface area contributed by atoms with Gasteiger partial charge in [-0.05, 0) is 61.1 Å². The topological polar surface area (TPSA) is 55.8 Å². The number of methoxy groups -OCH3 is 2. The molecule has 0 heterocycles. The number of anilines is 1. The van der Waals surface area contributed by atoms with Crippen molar-refractivity contribution in [2.45, 2.75) is 30.6 Å². The molecule has 2 aromatic rings. The van der Waals surface area contributed by atoms with Crippen LogP contribution in [0.1, 0.15) is 24.0 Å². The van der Waals surface area contributed by atoms with E-state index in [9.17, 15) is 8.42 Å². The van der Waals surface area contributed by atoms with Crippen LogP contribution in [0.3, 0.4) is 0 Å². The first kappa shape index (κ1) is 17.6. The van der Waals surface area contributed by atoms with Crippen LogP contribution in [0.25, 0.3) is 0 Å². The number of benzene rings is 2. The third-order valence-corrected chi connectivity index (χ3v) is 6.49. The molecule has 0 aliphatic heterocycles. The number of rotatable bonds is 5. The van der Waals surface area contributed by atoms with Gasteiger partial charge < -0.3 is 9.47 Å². The minimum atomic E-state index is -3.63. The van der Waals surface area contributed by atoms with Crippen molar-refractivity contribution in [3.05, 3.63) is 47.5 Å². The molecule has 0 N–H and O–H groups in total. The van der Waals surface area contributed by atoms with Crippen molar-refractivity contribution in [1.82, 2.24) is 0 Å². The molecule has 5 nitrogen and oxygen atoms in total. The average molecular weight is 361 g/mol. The fraction of sp³-hybridized carbons (Fsp3) is 0.368. The SMILES string of the molecule is COc1ccc(N(C)S(=O)(=O)c2ccc3c(c2)CCCC3)cc1OC. The second-order valence-electron chi connectivity index (χ2n) is 6.15. The lowest BCUT2D eigenvalue weighted by Crippen LogP contribution is -2.26. The molecule has 0 radical (unpaired) electrons. The summed E-state index contributed by atoms with van der Waals surface area (Å²) in [7, 11) is 0.993. The molecule has 2 aromatic carbocycles. The molecule has 0 unspecified atom stereocenters. The standard InChI is InChI=1S/C19H23NO4S/c1-20(16-9-11-18(23-2)19(13-16)24-3)25(21,22)17-10-8-14-6-4-5-7-15(14)12-17/h8-13H,4-7H2,1-3H3. The molecule has 0 fully saturated rings. The predicted octanol–water partition coefficient (Wildman–Crippen LogP) is 3.41. The summed E-state index contributed by atoms with van der Waals surface area (Å²) in [6.45, 7) is 0. The van der Waals surface area contributed by atoms with E-state index in [4.69, 9.17) is 9.47 Å². The molecular formula is C19H23NO4S. The first-order valence-electron chi connectivity index (χ1n) is 8.30. The van der Waals surface area contributed by atoms with Crippen molar-refractivity contribution >= 4 is 15.7 Å². The van der Waals surface area contributed by atoms with Gasteiger partial charge in [-0.25, -0.2) is 8.42 Å². The molecule has 6 heteroatoms. The quantitative estimate of drug-likeness (QED) is 0.819. The van der Waals surface area contributed by atoms with Crippen LogP contribution in [0.4, 0.5) is 5.69 Å². The van der Waals surface area contributed by atoms with Crippen LogP contribution in [0, 0.1) is 0 Å². The lowest BCUT2D eigenvalue weighted by Gasteiger charge is -2.22. The first-order valence-corrected chi connectivity index (χ1v) is 9.74. The van der Waals surface area contributed by atoms with E-state index in [1.165, 1.54) is 23.4 Å². The van der Waals surface area contributed by atoms with Gasteiger partial charge in [0.2, 0.25) is 0 Å². The molecule has 1 aliphatic carbocycles. The Kier molecular flexibility index (Phi) is 4.90.